The Kier molecular flexibility index (Phi) is 5.54. The average molecular weight is 265 g/mol. The van der Waals surface area contributed by atoms with Crippen LogP contribution in [0.25, 0.3) is 0 Å². The molecule has 0 saturated carbocycles. The predicted octanol–water partition coefficient (Wildman–Crippen LogP) is 1.54. The molecule has 1 aromatic rings. The third kappa shape index (κ3) is 5.11. The summed E-state index contributed by atoms with van der Waals surface area (Å²) >= 11 is 0. The van der Waals surface area contributed by atoms with E-state index in [1.165, 1.54) is 0 Å². The molecule has 0 aromatic carbocycles. The fourth-order valence-corrected chi connectivity index (χ4v) is 1.58. The molecule has 1 aromatic heterocycles. The summed E-state index contributed by atoms with van der Waals surface area (Å²) in [5, 5.41) is 9.00. The van der Waals surface area contributed by atoms with Crippen molar-refractivity contribution in [2.45, 2.75) is 46.7 Å². The maximum Gasteiger partial charge on any atom is 0.242 e. The molecule has 0 saturated heterocycles. The Labute approximate surface area is 114 Å². The Morgan fingerprint density at radius 1 is 1.32 bits per heavy atom. The lowest BCUT2D eigenvalue weighted by Crippen LogP contribution is -2.41. The number of nitrogens with one attached hydrogen (secondary N) is 3. The number of hydrogen-bond donors (Lipinski definition) is 3. The van der Waals surface area contributed by atoms with Gasteiger partial charge >= 0.3 is 0 Å². The lowest BCUT2D eigenvalue weighted by Gasteiger charge is -2.17. The van der Waals surface area contributed by atoms with Crippen molar-refractivity contribution in [3.8, 4) is 0 Å². The van der Waals surface area contributed by atoms with Gasteiger partial charge in [0.2, 0.25) is 11.9 Å². The summed E-state index contributed by atoms with van der Waals surface area (Å²) in [6.07, 6.45) is 0. The molecule has 106 valence electrons. The first-order chi connectivity index (χ1) is 8.92. The minimum atomic E-state index is -0.342. The number of nitrogens with zero attached hydrogens (tertiary/aromatic N) is 2. The molecular weight excluding hydrogens is 242 g/mol. The molecule has 1 amide bonds. The first kappa shape index (κ1) is 15.2. The Hall–Kier alpha value is -1.85. The topological polar surface area (TPSA) is 78.9 Å². The SMILES string of the molecule is CCNc1nc(C)cc(NC(C)C(=O)NC(C)C)n1. The molecule has 0 aliphatic rings. The second kappa shape index (κ2) is 6.92. The summed E-state index contributed by atoms with van der Waals surface area (Å²) in [5.74, 6) is 1.17. The van der Waals surface area contributed by atoms with Crippen molar-refractivity contribution in [3.63, 3.8) is 0 Å². The Morgan fingerprint density at radius 2 is 2.00 bits per heavy atom. The fraction of sp³-hybridized carbons (Fsp3) is 0.615. The molecule has 19 heavy (non-hydrogen) atoms. The second-order valence-electron chi connectivity index (χ2n) is 4.78. The second-order valence-corrected chi connectivity index (χ2v) is 4.78. The first-order valence-electron chi connectivity index (χ1n) is 6.58. The molecular formula is C13H23N5O. The summed E-state index contributed by atoms with van der Waals surface area (Å²) in [7, 11) is 0. The number of carbonyl (C=O) groups is 1. The van der Waals surface area contributed by atoms with E-state index in [2.05, 4.69) is 25.9 Å². The fourth-order valence-electron chi connectivity index (χ4n) is 1.58. The average Bonchev–Trinajstić information content (AvgIpc) is 2.27. The van der Waals surface area contributed by atoms with Gasteiger partial charge in [0, 0.05) is 24.3 Å². The normalized spacial score (nSPS) is 12.1. The van der Waals surface area contributed by atoms with Crippen molar-refractivity contribution in [1.29, 1.82) is 0 Å². The van der Waals surface area contributed by atoms with E-state index in [-0.39, 0.29) is 18.0 Å². The van der Waals surface area contributed by atoms with E-state index in [9.17, 15) is 4.79 Å². The van der Waals surface area contributed by atoms with Crippen LogP contribution in [0.3, 0.4) is 0 Å². The summed E-state index contributed by atoms with van der Waals surface area (Å²) in [5.41, 5.74) is 0.852. The van der Waals surface area contributed by atoms with Crippen LogP contribution in [0.4, 0.5) is 11.8 Å². The van der Waals surface area contributed by atoms with E-state index in [1.807, 2.05) is 40.7 Å². The molecule has 1 unspecified atom stereocenters. The van der Waals surface area contributed by atoms with Crippen LogP contribution < -0.4 is 16.0 Å². The molecule has 0 bridgehead atoms. The maximum absolute atomic E-state index is 11.8. The Bertz CT molecular complexity index is 433. The van der Waals surface area contributed by atoms with Crippen LogP contribution in [0.1, 0.15) is 33.4 Å². The highest BCUT2D eigenvalue weighted by molar-refractivity contribution is 5.84. The highest BCUT2D eigenvalue weighted by Gasteiger charge is 2.14. The lowest BCUT2D eigenvalue weighted by atomic mass is 10.2. The molecule has 3 N–H and O–H groups in total. The zero-order valence-corrected chi connectivity index (χ0v) is 12.2. The van der Waals surface area contributed by atoms with E-state index >= 15 is 0 Å². The number of carbonyl (C=O) groups excluding carboxylic acids is 1. The molecule has 0 aliphatic carbocycles. The smallest absolute Gasteiger partial charge is 0.242 e. The van der Waals surface area contributed by atoms with Crippen LogP contribution in [-0.4, -0.2) is 34.5 Å². The van der Waals surface area contributed by atoms with E-state index < -0.39 is 0 Å². The van der Waals surface area contributed by atoms with Gasteiger partial charge < -0.3 is 16.0 Å². The first-order valence-corrected chi connectivity index (χ1v) is 6.58. The van der Waals surface area contributed by atoms with Crippen LogP contribution in [0.5, 0.6) is 0 Å². The quantitative estimate of drug-likeness (QED) is 0.727. The van der Waals surface area contributed by atoms with E-state index in [4.69, 9.17) is 0 Å². The highest BCUT2D eigenvalue weighted by atomic mass is 16.2. The van der Waals surface area contributed by atoms with Gasteiger partial charge in [-0.1, -0.05) is 0 Å². The van der Waals surface area contributed by atoms with Gasteiger partial charge in [0.1, 0.15) is 11.9 Å². The number of rotatable bonds is 6. The number of amides is 1. The molecule has 1 atom stereocenters. The standard InChI is InChI=1S/C13H23N5O/c1-6-14-13-16-9(4)7-11(18-13)17-10(5)12(19)15-8(2)3/h7-8,10H,6H2,1-5H3,(H,15,19)(H2,14,16,17,18). The Balaban J connectivity index is 2.73. The molecule has 0 aliphatic heterocycles. The number of aryl methyl sites for hydroxylation is 1. The van der Waals surface area contributed by atoms with Gasteiger partial charge in [-0.25, -0.2) is 4.98 Å². The predicted molar refractivity (Wildman–Crippen MR) is 77.3 cm³/mol. The molecule has 1 heterocycles. The van der Waals surface area contributed by atoms with Crippen LogP contribution in [-0.2, 0) is 4.79 Å². The van der Waals surface area contributed by atoms with Crippen molar-refractivity contribution < 1.29 is 4.79 Å². The number of aromatic nitrogens is 2. The molecule has 1 rings (SSSR count). The lowest BCUT2D eigenvalue weighted by molar-refractivity contribution is -0.122. The molecule has 6 heteroatoms. The van der Waals surface area contributed by atoms with Gasteiger partial charge in [-0.05, 0) is 34.6 Å². The number of anilines is 2. The van der Waals surface area contributed by atoms with E-state index in [0.29, 0.717) is 11.8 Å². The maximum atomic E-state index is 11.8. The van der Waals surface area contributed by atoms with Crippen molar-refractivity contribution in [1.82, 2.24) is 15.3 Å². The highest BCUT2D eigenvalue weighted by Crippen LogP contribution is 2.10. The minimum absolute atomic E-state index is 0.0451. The van der Waals surface area contributed by atoms with Crippen LogP contribution >= 0.6 is 0 Å². The third-order valence-electron chi connectivity index (χ3n) is 2.38. The largest absolute Gasteiger partial charge is 0.358 e. The van der Waals surface area contributed by atoms with Crippen LogP contribution in [0, 0.1) is 6.92 Å². The van der Waals surface area contributed by atoms with Gasteiger partial charge in [0.15, 0.2) is 0 Å². The van der Waals surface area contributed by atoms with E-state index in [1.54, 1.807) is 0 Å². The van der Waals surface area contributed by atoms with Crippen molar-refractivity contribution in [3.05, 3.63) is 11.8 Å². The van der Waals surface area contributed by atoms with Gasteiger partial charge in [-0.3, -0.25) is 4.79 Å². The molecule has 0 fully saturated rings. The van der Waals surface area contributed by atoms with E-state index in [0.717, 1.165) is 12.2 Å². The van der Waals surface area contributed by atoms with Crippen LogP contribution in [0.2, 0.25) is 0 Å². The molecule has 0 spiro atoms. The van der Waals surface area contributed by atoms with Gasteiger partial charge in [-0.2, -0.15) is 4.98 Å². The summed E-state index contributed by atoms with van der Waals surface area (Å²) in [6.45, 7) is 10.3. The summed E-state index contributed by atoms with van der Waals surface area (Å²) in [4.78, 5) is 20.4. The van der Waals surface area contributed by atoms with Crippen molar-refractivity contribution in [2.75, 3.05) is 17.2 Å². The van der Waals surface area contributed by atoms with Crippen molar-refractivity contribution in [2.24, 2.45) is 0 Å². The monoisotopic (exact) mass is 265 g/mol. The Morgan fingerprint density at radius 3 is 2.58 bits per heavy atom. The zero-order valence-electron chi connectivity index (χ0n) is 12.2. The summed E-state index contributed by atoms with van der Waals surface area (Å²) < 4.78 is 0. The molecule has 6 nitrogen and oxygen atoms in total. The molecule has 0 radical (unpaired) electrons. The number of hydrogen-bond acceptors (Lipinski definition) is 5. The van der Waals surface area contributed by atoms with Gasteiger partial charge in [-0.15, -0.1) is 0 Å². The third-order valence-corrected chi connectivity index (χ3v) is 2.38. The zero-order chi connectivity index (χ0) is 14.4. The summed E-state index contributed by atoms with van der Waals surface area (Å²) in [6, 6.07) is 1.60. The van der Waals surface area contributed by atoms with Crippen LogP contribution in [0.15, 0.2) is 6.07 Å². The van der Waals surface area contributed by atoms with Crippen molar-refractivity contribution >= 4 is 17.7 Å². The van der Waals surface area contributed by atoms with Gasteiger partial charge in [0.25, 0.3) is 0 Å². The van der Waals surface area contributed by atoms with Gasteiger partial charge in [0.05, 0.1) is 0 Å². The minimum Gasteiger partial charge on any atom is -0.358 e.